The normalized spacial score (nSPS) is 16.3. The van der Waals surface area contributed by atoms with Crippen molar-refractivity contribution in [2.75, 3.05) is 37.9 Å². The van der Waals surface area contributed by atoms with Gasteiger partial charge in [0.15, 0.2) is 17.3 Å². The first kappa shape index (κ1) is 22.4. The van der Waals surface area contributed by atoms with Gasteiger partial charge in [-0.1, -0.05) is 36.4 Å². The number of hydrogen-bond acceptors (Lipinski definition) is 7. The van der Waals surface area contributed by atoms with Crippen LogP contribution in [0, 0.1) is 11.6 Å². The van der Waals surface area contributed by atoms with E-state index in [0.29, 0.717) is 61.3 Å². The number of aromatic nitrogens is 4. The summed E-state index contributed by atoms with van der Waals surface area (Å²) >= 11 is 0. The summed E-state index contributed by atoms with van der Waals surface area (Å²) in [6, 6.07) is 18.7. The Morgan fingerprint density at radius 2 is 1.58 bits per heavy atom. The van der Waals surface area contributed by atoms with E-state index < -0.39 is 6.04 Å². The van der Waals surface area contributed by atoms with Gasteiger partial charge >= 0.3 is 0 Å². The number of benzene rings is 3. The molecule has 0 N–H and O–H groups in total. The molecule has 0 radical (unpaired) electrons. The number of halogens is 2. The highest BCUT2D eigenvalue weighted by Gasteiger charge is 2.33. The van der Waals surface area contributed by atoms with Crippen LogP contribution in [0.25, 0.3) is 0 Å². The summed E-state index contributed by atoms with van der Waals surface area (Å²) in [5.41, 5.74) is 2.01. The molecule has 1 atom stereocenters. The van der Waals surface area contributed by atoms with E-state index in [2.05, 4.69) is 20.4 Å². The molecule has 2 aliphatic heterocycles. The van der Waals surface area contributed by atoms with Gasteiger partial charge in [-0.25, -0.2) is 13.5 Å². The van der Waals surface area contributed by atoms with Gasteiger partial charge in [0.25, 0.3) is 0 Å². The number of para-hydroxylation sites is 1. The Labute approximate surface area is 206 Å². The summed E-state index contributed by atoms with van der Waals surface area (Å²) in [6.07, 6.45) is 0. The van der Waals surface area contributed by atoms with E-state index in [1.54, 1.807) is 28.9 Å². The average molecular weight is 491 g/mol. The van der Waals surface area contributed by atoms with Gasteiger partial charge in [0.1, 0.15) is 17.7 Å². The summed E-state index contributed by atoms with van der Waals surface area (Å²) in [5, 5.41) is 12.5. The van der Waals surface area contributed by atoms with E-state index in [1.807, 2.05) is 35.2 Å². The summed E-state index contributed by atoms with van der Waals surface area (Å²) < 4.78 is 42.1. The predicted octanol–water partition coefficient (Wildman–Crippen LogP) is 3.64. The maximum atomic E-state index is 15.1. The molecule has 1 fully saturated rings. The Bertz CT molecular complexity index is 1370. The quantitative estimate of drug-likeness (QED) is 0.409. The predicted molar refractivity (Wildman–Crippen MR) is 128 cm³/mol. The van der Waals surface area contributed by atoms with Crippen LogP contribution in [0.2, 0.25) is 0 Å². The fraction of sp³-hybridized carbons (Fsp3) is 0.269. The zero-order chi connectivity index (χ0) is 24.5. The first-order valence-electron chi connectivity index (χ1n) is 11.8. The fourth-order valence-corrected chi connectivity index (χ4v) is 4.86. The smallest absolute Gasteiger partial charge is 0.231 e. The minimum Gasteiger partial charge on any atom is -0.454 e. The minimum absolute atomic E-state index is 0.198. The van der Waals surface area contributed by atoms with Gasteiger partial charge in [0.2, 0.25) is 6.79 Å². The van der Waals surface area contributed by atoms with Crippen molar-refractivity contribution in [1.82, 2.24) is 25.1 Å². The van der Waals surface area contributed by atoms with Crippen LogP contribution in [-0.4, -0.2) is 58.1 Å². The molecule has 0 spiro atoms. The van der Waals surface area contributed by atoms with E-state index >= 15 is 4.39 Å². The van der Waals surface area contributed by atoms with Crippen LogP contribution in [0.15, 0.2) is 66.7 Å². The molecule has 4 aromatic rings. The van der Waals surface area contributed by atoms with Crippen molar-refractivity contribution in [1.29, 1.82) is 0 Å². The second-order valence-electron chi connectivity index (χ2n) is 8.78. The van der Waals surface area contributed by atoms with Crippen molar-refractivity contribution in [2.45, 2.75) is 12.6 Å². The van der Waals surface area contributed by atoms with Gasteiger partial charge in [-0.2, -0.15) is 0 Å². The molecule has 0 amide bonds. The van der Waals surface area contributed by atoms with Crippen LogP contribution in [-0.2, 0) is 6.54 Å². The molecule has 2 aliphatic rings. The largest absolute Gasteiger partial charge is 0.454 e. The van der Waals surface area contributed by atoms with Gasteiger partial charge in [-0.05, 0) is 46.3 Å². The molecule has 36 heavy (non-hydrogen) atoms. The SMILES string of the molecule is Fc1ccccc1C(c1nnnn1Cc1ccc2c(c1)OCO2)N1CCN(c2ccccc2F)CC1. The Kier molecular flexibility index (Phi) is 5.94. The molecule has 10 heteroatoms. The average Bonchev–Trinajstić information content (AvgIpc) is 3.56. The molecule has 3 heterocycles. The van der Waals surface area contributed by atoms with Crippen molar-refractivity contribution in [2.24, 2.45) is 0 Å². The second kappa shape index (κ2) is 9.54. The van der Waals surface area contributed by atoms with Crippen LogP contribution in [0.5, 0.6) is 11.5 Å². The molecule has 184 valence electrons. The van der Waals surface area contributed by atoms with Gasteiger partial charge < -0.3 is 14.4 Å². The molecule has 0 bridgehead atoms. The van der Waals surface area contributed by atoms with Crippen LogP contribution in [0.4, 0.5) is 14.5 Å². The number of anilines is 1. The van der Waals surface area contributed by atoms with Crippen LogP contribution in [0.1, 0.15) is 23.0 Å². The third kappa shape index (κ3) is 4.24. The molecule has 0 aliphatic carbocycles. The number of ether oxygens (including phenoxy) is 2. The molecule has 1 saturated heterocycles. The van der Waals surface area contributed by atoms with Crippen molar-refractivity contribution in [3.63, 3.8) is 0 Å². The minimum atomic E-state index is -0.502. The van der Waals surface area contributed by atoms with E-state index in [0.717, 1.165) is 5.56 Å². The zero-order valence-electron chi connectivity index (χ0n) is 19.4. The lowest BCUT2D eigenvalue weighted by molar-refractivity contribution is 0.174. The summed E-state index contributed by atoms with van der Waals surface area (Å²) in [7, 11) is 0. The molecular weight excluding hydrogens is 466 g/mol. The van der Waals surface area contributed by atoms with Gasteiger partial charge in [-0.15, -0.1) is 5.10 Å². The number of nitrogens with zero attached hydrogens (tertiary/aromatic N) is 6. The molecule has 6 rings (SSSR count). The summed E-state index contributed by atoms with van der Waals surface area (Å²) in [5.74, 6) is 1.35. The number of tetrazole rings is 1. The maximum absolute atomic E-state index is 15.1. The summed E-state index contributed by atoms with van der Waals surface area (Å²) in [6.45, 7) is 2.95. The lowest BCUT2D eigenvalue weighted by atomic mass is 10.0. The van der Waals surface area contributed by atoms with Crippen LogP contribution < -0.4 is 14.4 Å². The van der Waals surface area contributed by atoms with Crippen molar-refractivity contribution >= 4 is 5.69 Å². The lowest BCUT2D eigenvalue weighted by Gasteiger charge is -2.40. The molecule has 0 saturated carbocycles. The van der Waals surface area contributed by atoms with E-state index in [9.17, 15) is 4.39 Å². The molecule has 1 aromatic heterocycles. The summed E-state index contributed by atoms with van der Waals surface area (Å²) in [4.78, 5) is 4.16. The highest BCUT2D eigenvalue weighted by atomic mass is 19.1. The Balaban J connectivity index is 1.30. The second-order valence-corrected chi connectivity index (χ2v) is 8.78. The molecular formula is C26H24F2N6O2. The molecule has 8 nitrogen and oxygen atoms in total. The van der Waals surface area contributed by atoms with Crippen LogP contribution in [0.3, 0.4) is 0 Å². The zero-order valence-corrected chi connectivity index (χ0v) is 19.4. The molecule has 1 unspecified atom stereocenters. The van der Waals surface area contributed by atoms with E-state index in [1.165, 1.54) is 12.1 Å². The van der Waals surface area contributed by atoms with E-state index in [4.69, 9.17) is 9.47 Å². The monoisotopic (exact) mass is 490 g/mol. The first-order chi connectivity index (χ1) is 17.7. The fourth-order valence-electron chi connectivity index (χ4n) is 4.86. The maximum Gasteiger partial charge on any atom is 0.231 e. The number of hydrogen-bond donors (Lipinski definition) is 0. The van der Waals surface area contributed by atoms with Gasteiger partial charge in [0.05, 0.1) is 12.2 Å². The Morgan fingerprint density at radius 1 is 0.833 bits per heavy atom. The van der Waals surface area contributed by atoms with Crippen molar-refractivity contribution in [3.8, 4) is 11.5 Å². The highest BCUT2D eigenvalue weighted by Crippen LogP contribution is 2.34. The standard InChI is InChI=1S/C26H24F2N6O2/c27-20-6-2-1-5-19(20)25(33-13-11-32(12-14-33)22-8-4-3-7-21(22)28)26-29-30-31-34(26)16-18-9-10-23-24(15-18)36-17-35-23/h1-10,15,25H,11-14,16-17H2. The number of fused-ring (bicyclic) bond motifs is 1. The lowest BCUT2D eigenvalue weighted by Crippen LogP contribution is -2.48. The number of rotatable bonds is 6. The van der Waals surface area contributed by atoms with E-state index in [-0.39, 0.29) is 18.4 Å². The first-order valence-corrected chi connectivity index (χ1v) is 11.8. The van der Waals surface area contributed by atoms with Crippen LogP contribution >= 0.6 is 0 Å². The topological polar surface area (TPSA) is 68.5 Å². The third-order valence-corrected chi connectivity index (χ3v) is 6.65. The highest BCUT2D eigenvalue weighted by molar-refractivity contribution is 5.48. The van der Waals surface area contributed by atoms with Gasteiger partial charge in [0, 0.05) is 31.7 Å². The third-order valence-electron chi connectivity index (χ3n) is 6.65. The molecule has 3 aromatic carbocycles. The van der Waals surface area contributed by atoms with Crippen molar-refractivity contribution in [3.05, 3.63) is 95.3 Å². The number of piperazine rings is 1. The Morgan fingerprint density at radius 3 is 2.39 bits per heavy atom. The van der Waals surface area contributed by atoms with Gasteiger partial charge in [-0.3, -0.25) is 4.90 Å². The Hall–Kier alpha value is -4.05. The van der Waals surface area contributed by atoms with Crippen molar-refractivity contribution < 1.29 is 18.3 Å².